The first kappa shape index (κ1) is 11.3. The highest BCUT2D eigenvalue weighted by Gasteiger charge is 2.14. The Morgan fingerprint density at radius 2 is 2.12 bits per heavy atom. The summed E-state index contributed by atoms with van der Waals surface area (Å²) in [7, 11) is 0. The third-order valence-electron chi connectivity index (χ3n) is 2.57. The molecule has 0 fully saturated rings. The lowest BCUT2D eigenvalue weighted by molar-refractivity contribution is 0.530. The van der Waals surface area contributed by atoms with Crippen LogP contribution >= 0.6 is 11.6 Å². The van der Waals surface area contributed by atoms with Crippen molar-refractivity contribution in [2.24, 2.45) is 5.92 Å². The van der Waals surface area contributed by atoms with Crippen LogP contribution in [0.1, 0.15) is 13.8 Å². The largest absolute Gasteiger partial charge is 0.424 e. The summed E-state index contributed by atoms with van der Waals surface area (Å²) < 4.78 is 5.57. The number of oxazole rings is 1. The van der Waals surface area contributed by atoms with Crippen LogP contribution in [0.2, 0.25) is 0 Å². The van der Waals surface area contributed by atoms with E-state index in [-0.39, 0.29) is 6.04 Å². The Hall–Kier alpha value is -1.22. The van der Waals surface area contributed by atoms with Crippen LogP contribution in [0.3, 0.4) is 0 Å². The Labute approximate surface area is 99.8 Å². The van der Waals surface area contributed by atoms with E-state index in [0.717, 1.165) is 11.1 Å². The second-order valence-electron chi connectivity index (χ2n) is 4.14. The first-order chi connectivity index (χ1) is 7.70. The SMILES string of the molecule is CC(C)C(CCl)Nc1nc2ccccc2o1. The predicted octanol–water partition coefficient (Wildman–Crippen LogP) is 3.50. The molecule has 0 spiro atoms. The molecule has 0 aliphatic carbocycles. The molecule has 1 N–H and O–H groups in total. The molecule has 0 radical (unpaired) electrons. The van der Waals surface area contributed by atoms with Crippen LogP contribution in [0.5, 0.6) is 0 Å². The maximum Gasteiger partial charge on any atom is 0.295 e. The molecule has 0 saturated carbocycles. The van der Waals surface area contributed by atoms with Crippen molar-refractivity contribution in [1.29, 1.82) is 0 Å². The molecule has 0 bridgehead atoms. The van der Waals surface area contributed by atoms with Gasteiger partial charge in [0.25, 0.3) is 6.01 Å². The van der Waals surface area contributed by atoms with Gasteiger partial charge in [-0.05, 0) is 18.1 Å². The third-order valence-corrected chi connectivity index (χ3v) is 2.91. The number of halogens is 1. The van der Waals surface area contributed by atoms with Gasteiger partial charge in [0.1, 0.15) is 5.52 Å². The van der Waals surface area contributed by atoms with Crippen LogP contribution in [0, 0.1) is 5.92 Å². The molecule has 2 rings (SSSR count). The summed E-state index contributed by atoms with van der Waals surface area (Å²) in [4.78, 5) is 4.35. The fourth-order valence-corrected chi connectivity index (χ4v) is 1.91. The highest BCUT2D eigenvalue weighted by molar-refractivity contribution is 6.18. The van der Waals surface area contributed by atoms with Crippen molar-refractivity contribution >= 4 is 28.7 Å². The number of fused-ring (bicyclic) bond motifs is 1. The standard InChI is InChI=1S/C12H15ClN2O/c1-8(2)10(7-13)15-12-14-9-5-3-4-6-11(9)16-12/h3-6,8,10H,7H2,1-2H3,(H,14,15). The highest BCUT2D eigenvalue weighted by atomic mass is 35.5. The van der Waals surface area contributed by atoms with Gasteiger partial charge in [0.05, 0.1) is 0 Å². The summed E-state index contributed by atoms with van der Waals surface area (Å²) >= 11 is 5.88. The van der Waals surface area contributed by atoms with E-state index in [1.165, 1.54) is 0 Å². The maximum absolute atomic E-state index is 5.88. The van der Waals surface area contributed by atoms with E-state index in [4.69, 9.17) is 16.0 Å². The van der Waals surface area contributed by atoms with Crippen molar-refractivity contribution in [2.45, 2.75) is 19.9 Å². The first-order valence-electron chi connectivity index (χ1n) is 5.39. The van der Waals surface area contributed by atoms with Crippen molar-refractivity contribution in [3.8, 4) is 0 Å². The highest BCUT2D eigenvalue weighted by Crippen LogP contribution is 2.20. The molecule has 86 valence electrons. The minimum Gasteiger partial charge on any atom is -0.424 e. The maximum atomic E-state index is 5.88. The predicted molar refractivity (Wildman–Crippen MR) is 67.0 cm³/mol. The molecule has 1 aromatic heterocycles. The van der Waals surface area contributed by atoms with Gasteiger partial charge >= 0.3 is 0 Å². The Bertz CT molecular complexity index is 434. The van der Waals surface area contributed by atoms with Gasteiger partial charge in [0.2, 0.25) is 0 Å². The van der Waals surface area contributed by atoms with Crippen LogP contribution < -0.4 is 5.32 Å². The summed E-state index contributed by atoms with van der Waals surface area (Å²) in [6.07, 6.45) is 0. The molecule has 4 heteroatoms. The number of nitrogens with zero attached hydrogens (tertiary/aromatic N) is 1. The molecular formula is C12H15ClN2O. The fraction of sp³-hybridized carbons (Fsp3) is 0.417. The van der Waals surface area contributed by atoms with Gasteiger partial charge < -0.3 is 9.73 Å². The summed E-state index contributed by atoms with van der Waals surface area (Å²) in [5.41, 5.74) is 1.66. The average Bonchev–Trinajstić information content (AvgIpc) is 2.67. The Morgan fingerprint density at radius 1 is 1.38 bits per heavy atom. The number of hydrogen-bond donors (Lipinski definition) is 1. The average molecular weight is 239 g/mol. The van der Waals surface area contributed by atoms with Gasteiger partial charge in [0, 0.05) is 11.9 Å². The van der Waals surface area contributed by atoms with E-state index in [1.807, 2.05) is 24.3 Å². The van der Waals surface area contributed by atoms with Crippen LogP contribution in [0.15, 0.2) is 28.7 Å². The normalized spacial score (nSPS) is 13.2. The van der Waals surface area contributed by atoms with Gasteiger partial charge in [-0.3, -0.25) is 0 Å². The monoisotopic (exact) mass is 238 g/mol. The second-order valence-corrected chi connectivity index (χ2v) is 4.44. The lowest BCUT2D eigenvalue weighted by Crippen LogP contribution is -2.27. The number of aromatic nitrogens is 1. The smallest absolute Gasteiger partial charge is 0.295 e. The Balaban J connectivity index is 2.20. The van der Waals surface area contributed by atoms with Crippen molar-refractivity contribution in [3.05, 3.63) is 24.3 Å². The van der Waals surface area contributed by atoms with Crippen molar-refractivity contribution in [1.82, 2.24) is 4.98 Å². The van der Waals surface area contributed by atoms with Gasteiger partial charge in [-0.1, -0.05) is 26.0 Å². The van der Waals surface area contributed by atoms with Crippen molar-refractivity contribution in [2.75, 3.05) is 11.2 Å². The van der Waals surface area contributed by atoms with E-state index in [9.17, 15) is 0 Å². The number of para-hydroxylation sites is 2. The molecular weight excluding hydrogens is 224 g/mol. The lowest BCUT2D eigenvalue weighted by Gasteiger charge is -2.17. The zero-order valence-corrected chi connectivity index (χ0v) is 10.2. The number of anilines is 1. The molecule has 0 aliphatic rings. The minimum atomic E-state index is 0.176. The summed E-state index contributed by atoms with van der Waals surface area (Å²) in [5.74, 6) is 0.976. The van der Waals surface area contributed by atoms with Crippen molar-refractivity contribution in [3.63, 3.8) is 0 Å². The molecule has 3 nitrogen and oxygen atoms in total. The first-order valence-corrected chi connectivity index (χ1v) is 5.92. The topological polar surface area (TPSA) is 38.1 Å². The van der Waals surface area contributed by atoms with Gasteiger partial charge in [-0.15, -0.1) is 11.6 Å². The number of hydrogen-bond acceptors (Lipinski definition) is 3. The van der Waals surface area contributed by atoms with Gasteiger partial charge in [0.15, 0.2) is 5.58 Å². The number of alkyl halides is 1. The van der Waals surface area contributed by atoms with Crippen LogP contribution in [0.25, 0.3) is 11.1 Å². The van der Waals surface area contributed by atoms with Gasteiger partial charge in [-0.2, -0.15) is 4.98 Å². The number of benzene rings is 1. The molecule has 0 amide bonds. The van der Waals surface area contributed by atoms with E-state index in [1.54, 1.807) is 0 Å². The third kappa shape index (κ3) is 2.30. The zero-order chi connectivity index (χ0) is 11.5. The lowest BCUT2D eigenvalue weighted by atomic mass is 10.1. The van der Waals surface area contributed by atoms with Crippen molar-refractivity contribution < 1.29 is 4.42 Å². The van der Waals surface area contributed by atoms with Crippen LogP contribution in [0.4, 0.5) is 6.01 Å². The van der Waals surface area contributed by atoms with Crippen LogP contribution in [-0.4, -0.2) is 16.9 Å². The molecule has 0 saturated heterocycles. The molecule has 1 atom stereocenters. The van der Waals surface area contributed by atoms with E-state index < -0.39 is 0 Å². The molecule has 1 aromatic carbocycles. The summed E-state index contributed by atoms with van der Waals surface area (Å²) in [5, 5.41) is 3.21. The molecule has 16 heavy (non-hydrogen) atoms. The Kier molecular flexibility index (Phi) is 3.34. The molecule has 2 aromatic rings. The zero-order valence-electron chi connectivity index (χ0n) is 9.40. The molecule has 1 heterocycles. The van der Waals surface area contributed by atoms with E-state index in [2.05, 4.69) is 24.1 Å². The van der Waals surface area contributed by atoms with E-state index in [0.29, 0.717) is 17.8 Å². The number of nitrogens with one attached hydrogen (secondary N) is 1. The summed E-state index contributed by atoms with van der Waals surface area (Å²) in [6, 6.07) is 8.41. The van der Waals surface area contributed by atoms with Crippen LogP contribution in [-0.2, 0) is 0 Å². The minimum absolute atomic E-state index is 0.176. The quantitative estimate of drug-likeness (QED) is 0.829. The van der Waals surface area contributed by atoms with Gasteiger partial charge in [-0.25, -0.2) is 0 Å². The molecule has 1 unspecified atom stereocenters. The summed E-state index contributed by atoms with van der Waals surface area (Å²) in [6.45, 7) is 4.23. The Morgan fingerprint density at radius 3 is 2.75 bits per heavy atom. The number of rotatable bonds is 4. The second kappa shape index (κ2) is 4.74. The molecule has 0 aliphatic heterocycles. The fourth-order valence-electron chi connectivity index (χ4n) is 1.48. The van der Waals surface area contributed by atoms with E-state index >= 15 is 0 Å².